The van der Waals surface area contributed by atoms with Gasteiger partial charge in [0.1, 0.15) is 5.69 Å². The van der Waals surface area contributed by atoms with Crippen molar-refractivity contribution < 1.29 is 0 Å². The van der Waals surface area contributed by atoms with Gasteiger partial charge in [-0.25, -0.2) is 9.97 Å². The molecular formula is C13H16N6. The lowest BCUT2D eigenvalue weighted by Gasteiger charge is -1.96. The van der Waals surface area contributed by atoms with Crippen molar-refractivity contribution in [1.82, 2.24) is 19.1 Å². The van der Waals surface area contributed by atoms with Gasteiger partial charge in [-0.05, 0) is 18.6 Å². The van der Waals surface area contributed by atoms with E-state index in [2.05, 4.69) is 15.3 Å². The Morgan fingerprint density at radius 2 is 1.79 bits per heavy atom. The molecule has 0 bridgehead atoms. The summed E-state index contributed by atoms with van der Waals surface area (Å²) in [6.07, 6.45) is 0. The van der Waals surface area contributed by atoms with Crippen molar-refractivity contribution in [1.29, 1.82) is 5.41 Å². The lowest BCUT2D eigenvalue weighted by molar-refractivity contribution is 0.742. The Labute approximate surface area is 110 Å². The van der Waals surface area contributed by atoms with E-state index in [0.29, 0.717) is 11.6 Å². The van der Waals surface area contributed by atoms with Crippen LogP contribution in [0.25, 0.3) is 22.4 Å². The number of rotatable bonds is 1. The Morgan fingerprint density at radius 3 is 2.47 bits per heavy atom. The predicted molar refractivity (Wildman–Crippen MR) is 74.2 cm³/mol. The van der Waals surface area contributed by atoms with Crippen LogP contribution < -0.4 is 10.9 Å². The highest BCUT2D eigenvalue weighted by atomic mass is 15.2. The van der Waals surface area contributed by atoms with Crippen molar-refractivity contribution in [2.24, 2.45) is 14.1 Å². The summed E-state index contributed by atoms with van der Waals surface area (Å²) >= 11 is 0. The van der Waals surface area contributed by atoms with E-state index in [1.54, 1.807) is 0 Å². The second-order valence-corrected chi connectivity index (χ2v) is 4.69. The number of aryl methyl sites for hydroxylation is 3. The van der Waals surface area contributed by atoms with E-state index in [1.165, 1.54) is 0 Å². The summed E-state index contributed by atoms with van der Waals surface area (Å²) in [4.78, 5) is 9.03. The van der Waals surface area contributed by atoms with Crippen molar-refractivity contribution in [3.8, 4) is 11.4 Å². The molecule has 0 amide bonds. The molecule has 2 heterocycles. The maximum absolute atomic E-state index is 8.08. The van der Waals surface area contributed by atoms with Crippen LogP contribution in [0.4, 0.5) is 5.95 Å². The van der Waals surface area contributed by atoms with Crippen LogP contribution in [0.15, 0.2) is 12.1 Å². The van der Waals surface area contributed by atoms with Crippen LogP contribution in [0.3, 0.4) is 0 Å². The topological polar surface area (TPSA) is 71.5 Å². The van der Waals surface area contributed by atoms with Gasteiger partial charge in [0.2, 0.25) is 11.6 Å². The summed E-state index contributed by atoms with van der Waals surface area (Å²) in [5.74, 6) is 0.612. The normalized spacial score (nSPS) is 11.4. The monoisotopic (exact) mass is 256 g/mol. The summed E-state index contributed by atoms with van der Waals surface area (Å²) in [6, 6.07) is 4.04. The van der Waals surface area contributed by atoms with Crippen LogP contribution in [0, 0.1) is 12.3 Å². The molecule has 98 valence electrons. The van der Waals surface area contributed by atoms with Gasteiger partial charge in [-0.3, -0.25) is 5.41 Å². The third-order valence-electron chi connectivity index (χ3n) is 3.55. The number of hydrogen-bond acceptors (Lipinski definition) is 4. The number of nitrogens with zero attached hydrogens (tertiary/aromatic N) is 4. The summed E-state index contributed by atoms with van der Waals surface area (Å²) in [6.45, 7) is 2.02. The summed E-state index contributed by atoms with van der Waals surface area (Å²) < 4.78 is 3.69. The smallest absolute Gasteiger partial charge is 0.223 e. The number of anilines is 1. The van der Waals surface area contributed by atoms with Crippen molar-refractivity contribution in [3.63, 3.8) is 0 Å². The molecule has 0 saturated heterocycles. The van der Waals surface area contributed by atoms with E-state index in [0.717, 1.165) is 28.0 Å². The van der Waals surface area contributed by atoms with E-state index < -0.39 is 0 Å². The molecule has 0 spiro atoms. The zero-order valence-electron chi connectivity index (χ0n) is 11.4. The third-order valence-corrected chi connectivity index (χ3v) is 3.55. The molecule has 0 radical (unpaired) electrons. The zero-order chi connectivity index (χ0) is 13.7. The number of hydrogen-bond donors (Lipinski definition) is 2. The van der Waals surface area contributed by atoms with E-state index in [1.807, 2.05) is 49.3 Å². The fraction of sp³-hybridized carbons (Fsp3) is 0.308. The van der Waals surface area contributed by atoms with E-state index in [-0.39, 0.29) is 0 Å². The summed E-state index contributed by atoms with van der Waals surface area (Å²) in [5.41, 5.74) is 5.14. The Hall–Kier alpha value is -2.37. The predicted octanol–water partition coefficient (Wildman–Crippen LogP) is 1.24. The molecule has 6 nitrogen and oxygen atoms in total. The van der Waals surface area contributed by atoms with E-state index in [4.69, 9.17) is 5.41 Å². The molecule has 0 unspecified atom stereocenters. The molecule has 19 heavy (non-hydrogen) atoms. The van der Waals surface area contributed by atoms with E-state index in [9.17, 15) is 0 Å². The fourth-order valence-corrected chi connectivity index (χ4v) is 2.42. The van der Waals surface area contributed by atoms with E-state index >= 15 is 0 Å². The SMILES string of the molecule is CNc1nc2c(C)ccc3c(c-2n1)n(C)c(=N)n3C. The van der Waals surface area contributed by atoms with Crippen molar-refractivity contribution in [2.45, 2.75) is 6.92 Å². The molecule has 1 aliphatic heterocycles. The van der Waals surface area contributed by atoms with Gasteiger partial charge in [0, 0.05) is 21.1 Å². The second kappa shape index (κ2) is 3.81. The van der Waals surface area contributed by atoms with Crippen molar-refractivity contribution in [3.05, 3.63) is 23.3 Å². The Morgan fingerprint density at radius 1 is 1.11 bits per heavy atom. The van der Waals surface area contributed by atoms with Crippen LogP contribution in [0.1, 0.15) is 5.56 Å². The van der Waals surface area contributed by atoms with Gasteiger partial charge >= 0.3 is 0 Å². The highest BCUT2D eigenvalue weighted by Crippen LogP contribution is 2.30. The largest absolute Gasteiger partial charge is 0.357 e. The van der Waals surface area contributed by atoms with Crippen LogP contribution in [-0.4, -0.2) is 26.1 Å². The van der Waals surface area contributed by atoms with Gasteiger partial charge in [-0.15, -0.1) is 0 Å². The molecule has 0 saturated carbocycles. The molecule has 1 aliphatic carbocycles. The molecule has 1 aromatic rings. The first kappa shape index (κ1) is 11.7. The summed E-state index contributed by atoms with van der Waals surface area (Å²) in [7, 11) is 5.58. The van der Waals surface area contributed by atoms with Gasteiger partial charge in [0.05, 0.1) is 16.7 Å². The number of fused-ring (bicyclic) bond motifs is 3. The molecule has 2 aliphatic rings. The molecular weight excluding hydrogens is 240 g/mol. The first-order valence-electron chi connectivity index (χ1n) is 6.09. The zero-order valence-corrected chi connectivity index (χ0v) is 11.4. The van der Waals surface area contributed by atoms with Crippen LogP contribution >= 0.6 is 0 Å². The van der Waals surface area contributed by atoms with Gasteiger partial charge in [0.15, 0.2) is 0 Å². The first-order valence-corrected chi connectivity index (χ1v) is 6.09. The quantitative estimate of drug-likeness (QED) is 0.688. The summed E-state index contributed by atoms with van der Waals surface area (Å²) in [5, 5.41) is 11.1. The molecule has 6 heteroatoms. The minimum Gasteiger partial charge on any atom is -0.357 e. The van der Waals surface area contributed by atoms with Crippen LogP contribution in [0.2, 0.25) is 0 Å². The molecule has 0 fully saturated rings. The maximum atomic E-state index is 8.08. The number of nitrogens with one attached hydrogen (secondary N) is 2. The number of aromatic nitrogens is 4. The molecule has 1 aromatic heterocycles. The lowest BCUT2D eigenvalue weighted by Crippen LogP contribution is -2.19. The van der Waals surface area contributed by atoms with Crippen molar-refractivity contribution in [2.75, 3.05) is 12.4 Å². The Balaban J connectivity index is 2.59. The first-order chi connectivity index (χ1) is 9.04. The molecule has 0 aromatic carbocycles. The maximum Gasteiger partial charge on any atom is 0.223 e. The Bertz CT molecular complexity index is 810. The highest BCUT2D eigenvalue weighted by Gasteiger charge is 2.19. The number of imidazole rings is 2. The fourth-order valence-electron chi connectivity index (χ4n) is 2.42. The van der Waals surface area contributed by atoms with Gasteiger partial charge < -0.3 is 14.5 Å². The third kappa shape index (κ3) is 1.46. The van der Waals surface area contributed by atoms with Gasteiger partial charge in [0.25, 0.3) is 0 Å². The minimum atomic E-state index is 0.439. The Kier molecular flexibility index (Phi) is 2.35. The lowest BCUT2D eigenvalue weighted by atomic mass is 10.2. The average molecular weight is 256 g/mol. The van der Waals surface area contributed by atoms with Gasteiger partial charge in [-0.1, -0.05) is 6.07 Å². The second-order valence-electron chi connectivity index (χ2n) is 4.69. The molecule has 2 N–H and O–H groups in total. The standard InChI is InChI=1S/C13H16N6/c1-7-5-6-8-11(19(4)12(14)18(8)3)10-9(7)16-13(15-2)17-10/h5-6,14H,1-4H3,(H,15,16,17). The van der Waals surface area contributed by atoms with Crippen LogP contribution in [-0.2, 0) is 14.1 Å². The highest BCUT2D eigenvalue weighted by molar-refractivity contribution is 5.91. The van der Waals surface area contributed by atoms with Gasteiger partial charge in [-0.2, -0.15) is 0 Å². The van der Waals surface area contributed by atoms with Crippen molar-refractivity contribution >= 4 is 17.0 Å². The molecule has 0 atom stereocenters. The van der Waals surface area contributed by atoms with Crippen LogP contribution in [0.5, 0.6) is 0 Å². The minimum absolute atomic E-state index is 0.439. The average Bonchev–Trinajstić information content (AvgIpc) is 2.87. The molecule has 3 rings (SSSR count).